The van der Waals surface area contributed by atoms with Gasteiger partial charge in [0.1, 0.15) is 17.5 Å². The Labute approximate surface area is 223 Å². The average molecular weight is 543 g/mol. The number of hydrogen-bond donors (Lipinski definition) is 0. The maximum Gasteiger partial charge on any atom is 0.387 e. The monoisotopic (exact) mass is 542 g/mol. The molecule has 0 spiro atoms. The van der Waals surface area contributed by atoms with E-state index in [-0.39, 0.29) is 18.4 Å². The minimum Gasteiger partial charge on any atom is -0.432 e. The fourth-order valence-electron chi connectivity index (χ4n) is 4.63. The molecule has 1 nitrogen and oxygen atoms in total. The predicted molar refractivity (Wildman–Crippen MR) is 141 cm³/mol. The second kappa shape index (κ2) is 12.9. The molecule has 0 heterocycles. The maximum absolute atomic E-state index is 15.2. The number of aryl methyl sites for hydroxylation is 4. The lowest BCUT2D eigenvalue weighted by Crippen LogP contribution is -2.04. The summed E-state index contributed by atoms with van der Waals surface area (Å²) in [6.45, 7) is -1.22. The van der Waals surface area contributed by atoms with Crippen molar-refractivity contribution < 1.29 is 31.1 Å². The first-order valence-corrected chi connectivity index (χ1v) is 12.8. The Bertz CT molecular complexity index is 1450. The zero-order valence-electron chi connectivity index (χ0n) is 21.4. The van der Waals surface area contributed by atoms with Crippen LogP contribution in [0.1, 0.15) is 41.2 Å². The highest BCUT2D eigenvalue weighted by atomic mass is 19.3. The summed E-state index contributed by atoms with van der Waals surface area (Å²) in [6, 6.07) is 15.1. The topological polar surface area (TPSA) is 9.23 Å². The van der Waals surface area contributed by atoms with Crippen molar-refractivity contribution in [1.29, 1.82) is 0 Å². The molecular weight excluding hydrogens is 514 g/mol. The van der Waals surface area contributed by atoms with Crippen molar-refractivity contribution in [3.05, 3.63) is 124 Å². The smallest absolute Gasteiger partial charge is 0.387 e. The molecule has 0 aliphatic carbocycles. The van der Waals surface area contributed by atoms with E-state index in [0.29, 0.717) is 46.7 Å². The number of fused-ring (bicyclic) bond motifs is 1. The average Bonchev–Trinajstić information content (AvgIpc) is 2.89. The van der Waals surface area contributed by atoms with Crippen molar-refractivity contribution in [2.75, 3.05) is 0 Å². The Morgan fingerprint density at radius 2 is 1.36 bits per heavy atom. The van der Waals surface area contributed by atoms with Gasteiger partial charge in [0.05, 0.1) is 0 Å². The fourth-order valence-corrected chi connectivity index (χ4v) is 4.63. The third-order valence-corrected chi connectivity index (χ3v) is 6.69. The van der Waals surface area contributed by atoms with Crippen molar-refractivity contribution in [2.24, 2.45) is 0 Å². The van der Waals surface area contributed by atoms with Gasteiger partial charge < -0.3 is 4.74 Å². The van der Waals surface area contributed by atoms with Crippen LogP contribution >= 0.6 is 0 Å². The SMILES string of the molecule is C/C=C/CCc1cc(F)c(CCc2ccc3c(F)c(CCc4ccc(OC(F)F)c(F)c4)ccc3c2)c(F)c1. The Morgan fingerprint density at radius 1 is 0.692 bits per heavy atom. The number of alkyl halides is 2. The summed E-state index contributed by atoms with van der Waals surface area (Å²) >= 11 is 0. The second-order valence-electron chi connectivity index (χ2n) is 9.38. The quantitative estimate of drug-likeness (QED) is 0.136. The maximum atomic E-state index is 15.2. The number of rotatable bonds is 11. The summed E-state index contributed by atoms with van der Waals surface area (Å²) < 4.78 is 87.1. The number of ether oxygens (including phenoxy) is 1. The molecule has 0 radical (unpaired) electrons. The standard InChI is InChI=1S/C32H28F6O/c1-2-3-4-5-22-18-27(33)26(28(34)19-22)14-8-20-7-13-25-24(16-20)12-11-23(31(25)36)10-6-21-9-15-30(29(35)17-21)39-32(37)38/h2-3,7,9,11-13,15-19,32H,4-6,8,10,14H2,1H3/b3-2+. The first-order valence-electron chi connectivity index (χ1n) is 12.8. The molecule has 0 aromatic heterocycles. The van der Waals surface area contributed by atoms with Crippen LogP contribution in [0.15, 0.2) is 72.8 Å². The Hall–Kier alpha value is -3.74. The summed E-state index contributed by atoms with van der Waals surface area (Å²) in [5.74, 6) is -2.96. The highest BCUT2D eigenvalue weighted by Crippen LogP contribution is 2.26. The molecule has 0 atom stereocenters. The summed E-state index contributed by atoms with van der Waals surface area (Å²) in [6.07, 6.45) is 6.28. The van der Waals surface area contributed by atoms with Gasteiger partial charge in [-0.2, -0.15) is 8.78 Å². The second-order valence-corrected chi connectivity index (χ2v) is 9.38. The van der Waals surface area contributed by atoms with E-state index in [0.717, 1.165) is 24.1 Å². The third kappa shape index (κ3) is 7.22. The van der Waals surface area contributed by atoms with E-state index < -0.39 is 35.6 Å². The lowest BCUT2D eigenvalue weighted by molar-refractivity contribution is -0.0522. The number of hydrogen-bond acceptors (Lipinski definition) is 1. The Balaban J connectivity index is 1.42. The van der Waals surface area contributed by atoms with Gasteiger partial charge >= 0.3 is 6.61 Å². The number of allylic oxidation sites excluding steroid dienone is 2. The first kappa shape index (κ1) is 28.3. The third-order valence-electron chi connectivity index (χ3n) is 6.69. The van der Waals surface area contributed by atoms with E-state index in [1.165, 1.54) is 18.2 Å². The van der Waals surface area contributed by atoms with Crippen LogP contribution in [0.5, 0.6) is 5.75 Å². The van der Waals surface area contributed by atoms with Crippen molar-refractivity contribution >= 4 is 10.8 Å². The van der Waals surface area contributed by atoms with Crippen molar-refractivity contribution in [2.45, 2.75) is 52.1 Å². The molecule has 0 fully saturated rings. The van der Waals surface area contributed by atoms with Crippen LogP contribution in [0.2, 0.25) is 0 Å². The lowest BCUT2D eigenvalue weighted by atomic mass is 9.96. The van der Waals surface area contributed by atoms with Gasteiger partial charge in [-0.05, 0) is 97.4 Å². The van der Waals surface area contributed by atoms with Crippen LogP contribution in [0.3, 0.4) is 0 Å². The van der Waals surface area contributed by atoms with Gasteiger partial charge in [0.25, 0.3) is 0 Å². The van der Waals surface area contributed by atoms with E-state index in [9.17, 15) is 22.0 Å². The molecule has 0 amide bonds. The van der Waals surface area contributed by atoms with Gasteiger partial charge in [-0.25, -0.2) is 17.6 Å². The molecule has 0 bridgehead atoms. The molecule has 0 N–H and O–H groups in total. The molecule has 4 aromatic carbocycles. The Morgan fingerprint density at radius 3 is 2.05 bits per heavy atom. The molecule has 0 unspecified atom stereocenters. The van der Waals surface area contributed by atoms with Crippen molar-refractivity contribution in [3.63, 3.8) is 0 Å². The van der Waals surface area contributed by atoms with Gasteiger partial charge in [-0.15, -0.1) is 0 Å². The zero-order valence-corrected chi connectivity index (χ0v) is 21.4. The van der Waals surface area contributed by atoms with Gasteiger partial charge in [0, 0.05) is 10.9 Å². The van der Waals surface area contributed by atoms with Crippen molar-refractivity contribution in [3.8, 4) is 5.75 Å². The molecule has 4 aromatic rings. The minimum atomic E-state index is -3.12. The summed E-state index contributed by atoms with van der Waals surface area (Å²) in [4.78, 5) is 0. The zero-order chi connectivity index (χ0) is 27.9. The van der Waals surface area contributed by atoms with Crippen molar-refractivity contribution in [1.82, 2.24) is 0 Å². The molecule has 4 rings (SSSR count). The van der Waals surface area contributed by atoms with Crippen LogP contribution < -0.4 is 4.74 Å². The lowest BCUT2D eigenvalue weighted by Gasteiger charge is -2.11. The van der Waals surface area contributed by atoms with E-state index in [1.807, 2.05) is 19.1 Å². The Kier molecular flexibility index (Phi) is 9.33. The fraction of sp³-hybridized carbons (Fsp3) is 0.250. The largest absolute Gasteiger partial charge is 0.432 e. The van der Waals surface area contributed by atoms with Gasteiger partial charge in [0.2, 0.25) is 0 Å². The molecule has 0 saturated heterocycles. The van der Waals surface area contributed by atoms with E-state index in [4.69, 9.17) is 0 Å². The van der Waals surface area contributed by atoms with Crippen LogP contribution in [0.25, 0.3) is 10.8 Å². The first-order chi connectivity index (χ1) is 18.7. The van der Waals surface area contributed by atoms with E-state index in [2.05, 4.69) is 4.74 Å². The molecule has 39 heavy (non-hydrogen) atoms. The van der Waals surface area contributed by atoms with Gasteiger partial charge in [0.15, 0.2) is 11.6 Å². The molecule has 0 aliphatic heterocycles. The predicted octanol–water partition coefficient (Wildman–Crippen LogP) is 9.08. The number of halogens is 6. The van der Waals surface area contributed by atoms with E-state index >= 15 is 4.39 Å². The summed E-state index contributed by atoms with van der Waals surface area (Å²) in [5.41, 5.74) is 2.44. The molecule has 0 saturated carbocycles. The molecule has 0 aliphatic rings. The normalized spacial score (nSPS) is 11.7. The molecular formula is C32H28F6O. The van der Waals surface area contributed by atoms with Gasteiger partial charge in [-0.3, -0.25) is 0 Å². The number of benzene rings is 4. The summed E-state index contributed by atoms with van der Waals surface area (Å²) in [7, 11) is 0. The summed E-state index contributed by atoms with van der Waals surface area (Å²) in [5, 5.41) is 1.07. The van der Waals surface area contributed by atoms with Crippen LogP contribution in [0, 0.1) is 23.3 Å². The van der Waals surface area contributed by atoms with Crippen LogP contribution in [0.4, 0.5) is 26.3 Å². The molecule has 7 heteroatoms. The highest BCUT2D eigenvalue weighted by Gasteiger charge is 2.14. The minimum absolute atomic E-state index is 0.0386. The van der Waals surface area contributed by atoms with Crippen LogP contribution in [-0.4, -0.2) is 6.61 Å². The van der Waals surface area contributed by atoms with Crippen LogP contribution in [-0.2, 0) is 32.1 Å². The van der Waals surface area contributed by atoms with E-state index in [1.54, 1.807) is 30.3 Å². The highest BCUT2D eigenvalue weighted by molar-refractivity contribution is 5.84. The molecule has 204 valence electrons. The van der Waals surface area contributed by atoms with Gasteiger partial charge in [-0.1, -0.05) is 48.6 Å².